The van der Waals surface area contributed by atoms with Gasteiger partial charge in [-0.1, -0.05) is 30.3 Å². The fraction of sp³-hybridized carbons (Fsp3) is 0.404. The van der Waals surface area contributed by atoms with Crippen molar-refractivity contribution < 1.29 is 28.7 Å². The van der Waals surface area contributed by atoms with E-state index in [1.807, 2.05) is 31.2 Å². The number of pyridine rings is 1. The van der Waals surface area contributed by atoms with Crippen LogP contribution < -0.4 is 21.6 Å². The highest BCUT2D eigenvalue weighted by Crippen LogP contribution is 2.41. The Morgan fingerprint density at radius 3 is 2.48 bits per heavy atom. The summed E-state index contributed by atoms with van der Waals surface area (Å²) in [5, 5.41) is 11.8. The Balaban J connectivity index is 0.699. The molecule has 4 amide bonds. The molecule has 1 unspecified atom stereocenters. The zero-order chi connectivity index (χ0) is 43.1. The highest BCUT2D eigenvalue weighted by Gasteiger charge is 2.35. The van der Waals surface area contributed by atoms with E-state index in [1.54, 1.807) is 7.05 Å². The van der Waals surface area contributed by atoms with Gasteiger partial charge in [-0.25, -0.2) is 9.78 Å². The van der Waals surface area contributed by atoms with Crippen molar-refractivity contribution in [3.8, 4) is 11.3 Å². The Bertz CT molecular complexity index is 2770. The number of nitrogens with zero attached hydrogens (tertiary/aromatic N) is 4. The van der Waals surface area contributed by atoms with Crippen LogP contribution in [-0.4, -0.2) is 94.8 Å². The largest absolute Gasteiger partial charge is 0.381 e. The van der Waals surface area contributed by atoms with Gasteiger partial charge in [0, 0.05) is 60.2 Å². The van der Waals surface area contributed by atoms with Gasteiger partial charge in [0.25, 0.3) is 11.8 Å². The number of aromatic nitrogens is 3. The fourth-order valence-electron chi connectivity index (χ4n) is 9.23. The van der Waals surface area contributed by atoms with Crippen molar-refractivity contribution in [2.75, 3.05) is 45.3 Å². The van der Waals surface area contributed by atoms with Gasteiger partial charge in [0.1, 0.15) is 17.5 Å². The number of ether oxygens (including phenoxy) is 2. The monoisotopic (exact) mass is 857 g/mol. The molecule has 9 rings (SSSR count). The number of fused-ring (bicyclic) bond motifs is 6. The molecule has 0 spiro atoms. The number of hydrogen-bond donors (Lipinski definition) is 3. The lowest BCUT2D eigenvalue weighted by Gasteiger charge is -2.29. The first kappa shape index (κ1) is 41.5. The van der Waals surface area contributed by atoms with Crippen LogP contribution in [0, 0.1) is 0 Å². The lowest BCUT2D eigenvalue weighted by molar-refractivity contribution is -0.149. The smallest absolute Gasteiger partial charge is 0.329 e. The van der Waals surface area contributed by atoms with E-state index < -0.39 is 6.04 Å². The molecule has 5 heterocycles. The number of likely N-dealkylation sites (tertiary alicyclic amines) is 1. The van der Waals surface area contributed by atoms with Gasteiger partial charge < -0.3 is 25.4 Å². The number of carbonyl (C=O) groups is 4. The minimum absolute atomic E-state index is 0.0175. The van der Waals surface area contributed by atoms with E-state index in [2.05, 4.69) is 58.4 Å². The number of nitrogens with one attached hydrogen (secondary N) is 3. The molecule has 0 bridgehead atoms. The summed E-state index contributed by atoms with van der Waals surface area (Å²) < 4.78 is 15.5. The minimum atomic E-state index is -0.704. The number of imidazole rings is 1. The zero-order valence-electron chi connectivity index (χ0n) is 35.2. The number of likely N-dealkylation sites (N-methyl/N-ethyl adjacent to an activating group) is 1. The number of hydrogen-bond acceptors (Lipinski definition) is 10. The highest BCUT2D eigenvalue weighted by atomic mass is 32.1. The topological polar surface area (TPSA) is 166 Å². The molecule has 3 aromatic heterocycles. The van der Waals surface area contributed by atoms with E-state index in [0.29, 0.717) is 56.2 Å². The van der Waals surface area contributed by atoms with Gasteiger partial charge in [-0.2, -0.15) is 0 Å². The number of thiophene rings is 1. The molecule has 1 saturated carbocycles. The average Bonchev–Trinajstić information content (AvgIpc) is 3.73. The number of rotatable bonds is 12. The van der Waals surface area contributed by atoms with E-state index in [-0.39, 0.29) is 54.4 Å². The second kappa shape index (κ2) is 17.5. The van der Waals surface area contributed by atoms with Gasteiger partial charge in [0.2, 0.25) is 11.8 Å². The van der Waals surface area contributed by atoms with Crippen molar-refractivity contribution in [2.45, 2.75) is 75.9 Å². The van der Waals surface area contributed by atoms with Crippen LogP contribution in [0.2, 0.25) is 0 Å². The summed E-state index contributed by atoms with van der Waals surface area (Å²) in [7, 11) is 3.15. The van der Waals surface area contributed by atoms with Crippen LogP contribution in [-0.2, 0) is 37.3 Å². The van der Waals surface area contributed by atoms with E-state index in [0.717, 1.165) is 79.0 Å². The standard InChI is InChI=1S/C47H51N7O7S/c1-27-25-48-43-42-33-13-14-34(51-35(33)15-18-39(42)62-44(43)45(57)49-27)31-7-5-29(6-8-31)30-9-11-32(12-10-30)50-40(55)26-61-23-22-60-21-20-28-4-16-36-38(24-28)52(2)47(59)54(36)37-17-19-41(56)53(3)46(37)58/h4-8,13-16,18,24,27,30,32,37,48H,9-12,17,19-23,25-26H2,1-3H3,(H,49,57)(H,50,55)/t27-,30?,32?,37?/m1/s1. The van der Waals surface area contributed by atoms with E-state index >= 15 is 0 Å². The molecule has 2 fully saturated rings. The highest BCUT2D eigenvalue weighted by molar-refractivity contribution is 7.21. The lowest BCUT2D eigenvalue weighted by atomic mass is 9.81. The molecular formula is C47H51N7O7S. The van der Waals surface area contributed by atoms with Crippen LogP contribution in [0.1, 0.15) is 78.2 Å². The molecule has 3 N–H and O–H groups in total. The minimum Gasteiger partial charge on any atom is -0.381 e. The van der Waals surface area contributed by atoms with Crippen molar-refractivity contribution in [3.63, 3.8) is 0 Å². The van der Waals surface area contributed by atoms with Crippen LogP contribution in [0.4, 0.5) is 5.69 Å². The molecule has 6 aromatic rings. The van der Waals surface area contributed by atoms with Gasteiger partial charge in [-0.3, -0.25) is 33.2 Å². The maximum Gasteiger partial charge on any atom is 0.329 e. The van der Waals surface area contributed by atoms with Gasteiger partial charge in [0.15, 0.2) is 0 Å². The van der Waals surface area contributed by atoms with Crippen molar-refractivity contribution >= 4 is 72.7 Å². The van der Waals surface area contributed by atoms with Crippen molar-refractivity contribution in [2.24, 2.45) is 7.05 Å². The maximum absolute atomic E-state index is 13.1. The first-order valence-electron chi connectivity index (χ1n) is 21.5. The van der Waals surface area contributed by atoms with Crippen LogP contribution in [0.15, 0.2) is 71.5 Å². The summed E-state index contributed by atoms with van der Waals surface area (Å²) in [5.41, 5.74) is 7.13. The number of aryl methyl sites for hydroxylation is 1. The number of piperidine rings is 1. The first-order valence-corrected chi connectivity index (χ1v) is 22.3. The molecule has 1 aliphatic carbocycles. The average molecular weight is 858 g/mol. The quantitative estimate of drug-likeness (QED) is 0.0982. The summed E-state index contributed by atoms with van der Waals surface area (Å²) in [6, 6.07) is 22.2. The lowest BCUT2D eigenvalue weighted by Crippen LogP contribution is -2.45. The van der Waals surface area contributed by atoms with Gasteiger partial charge in [0.05, 0.1) is 47.8 Å². The predicted octanol–water partition coefficient (Wildman–Crippen LogP) is 6.05. The first-order chi connectivity index (χ1) is 30.0. The molecule has 322 valence electrons. The van der Waals surface area contributed by atoms with Crippen LogP contribution in [0.25, 0.3) is 43.3 Å². The molecule has 3 aromatic carbocycles. The van der Waals surface area contributed by atoms with Crippen LogP contribution in [0.3, 0.4) is 0 Å². The molecule has 62 heavy (non-hydrogen) atoms. The SMILES string of the molecule is C[C@@H]1CNc2c(sc3ccc4nc(-c5ccc(C6CCC(NC(=O)COCCOCCc7ccc8c(c7)n(C)c(=O)n8C7CCC(=O)N(C)C7=O)CC6)cc5)ccc4c23)C(=O)N1. The second-order valence-corrected chi connectivity index (χ2v) is 17.8. The van der Waals surface area contributed by atoms with Crippen LogP contribution >= 0.6 is 11.3 Å². The predicted molar refractivity (Wildman–Crippen MR) is 240 cm³/mol. The molecule has 15 heteroatoms. The zero-order valence-corrected chi connectivity index (χ0v) is 36.0. The molecular weight excluding hydrogens is 807 g/mol. The third-order valence-corrected chi connectivity index (χ3v) is 13.8. The van der Waals surface area contributed by atoms with Crippen molar-refractivity contribution in [1.29, 1.82) is 0 Å². The molecule has 1 saturated heterocycles. The molecule has 3 aliphatic rings. The second-order valence-electron chi connectivity index (χ2n) is 16.8. The van der Waals surface area contributed by atoms with E-state index in [1.165, 1.54) is 33.1 Å². The Hall–Kier alpha value is -5.90. The number of imide groups is 1. The summed E-state index contributed by atoms with van der Waals surface area (Å²) in [4.78, 5) is 70.3. The number of amides is 4. The van der Waals surface area contributed by atoms with E-state index in [4.69, 9.17) is 14.5 Å². The molecule has 0 radical (unpaired) electrons. The fourth-order valence-corrected chi connectivity index (χ4v) is 10.3. The summed E-state index contributed by atoms with van der Waals surface area (Å²) in [6.07, 6.45) is 4.94. The number of benzene rings is 3. The van der Waals surface area contributed by atoms with Gasteiger partial charge in [-0.05, 0) is 98.9 Å². The number of anilines is 1. The Labute approximate surface area is 362 Å². The third-order valence-electron chi connectivity index (χ3n) is 12.7. The molecule has 14 nitrogen and oxygen atoms in total. The summed E-state index contributed by atoms with van der Waals surface area (Å²) in [5.74, 6) is -0.319. The third kappa shape index (κ3) is 8.12. The summed E-state index contributed by atoms with van der Waals surface area (Å²) in [6.45, 7) is 3.74. The van der Waals surface area contributed by atoms with Crippen LogP contribution in [0.5, 0.6) is 0 Å². The van der Waals surface area contributed by atoms with Crippen molar-refractivity contribution in [1.82, 2.24) is 29.7 Å². The van der Waals surface area contributed by atoms with Crippen molar-refractivity contribution in [3.05, 3.63) is 93.2 Å². The summed E-state index contributed by atoms with van der Waals surface area (Å²) >= 11 is 1.52. The Kier molecular flexibility index (Phi) is 11.7. The number of carbonyl (C=O) groups excluding carboxylic acids is 4. The molecule has 2 atom stereocenters. The van der Waals surface area contributed by atoms with Gasteiger partial charge >= 0.3 is 5.69 Å². The normalized spacial score (nSPS) is 20.6. The Morgan fingerprint density at radius 1 is 0.887 bits per heavy atom. The Morgan fingerprint density at radius 2 is 1.68 bits per heavy atom. The van der Waals surface area contributed by atoms with Gasteiger partial charge in [-0.15, -0.1) is 11.3 Å². The maximum atomic E-state index is 13.1. The molecule has 2 aliphatic heterocycles. The van der Waals surface area contributed by atoms with E-state index in [9.17, 15) is 24.0 Å².